The molecule has 0 radical (unpaired) electrons. The molecular weight excluding hydrogens is 384 g/mol. The summed E-state index contributed by atoms with van der Waals surface area (Å²) >= 11 is 0. The van der Waals surface area contributed by atoms with Gasteiger partial charge in [0, 0.05) is 30.8 Å². The maximum atomic E-state index is 13.0. The first kappa shape index (κ1) is 23.0. The van der Waals surface area contributed by atoms with Crippen LogP contribution in [0.5, 0.6) is 0 Å². The van der Waals surface area contributed by atoms with Crippen molar-refractivity contribution in [2.75, 3.05) is 18.4 Å². The molecule has 1 unspecified atom stereocenters. The van der Waals surface area contributed by atoms with Gasteiger partial charge in [0.15, 0.2) is 0 Å². The number of nitrogens with one attached hydrogen (secondary N) is 2. The molecule has 30 heavy (non-hydrogen) atoms. The second-order valence-electron chi connectivity index (χ2n) is 7.35. The van der Waals surface area contributed by atoms with Gasteiger partial charge in [-0.25, -0.2) is 0 Å². The Labute approximate surface area is 176 Å². The van der Waals surface area contributed by atoms with E-state index in [-0.39, 0.29) is 12.8 Å². The molecule has 1 aromatic rings. The van der Waals surface area contributed by atoms with E-state index in [2.05, 4.69) is 10.6 Å². The van der Waals surface area contributed by atoms with Crippen molar-refractivity contribution in [3.63, 3.8) is 0 Å². The van der Waals surface area contributed by atoms with Crippen LogP contribution in [0, 0.1) is 6.92 Å². The Balaban J connectivity index is 2.18. The highest BCUT2D eigenvalue weighted by Crippen LogP contribution is 2.22. The smallest absolute Gasteiger partial charge is 0.261 e. The highest BCUT2D eigenvalue weighted by molar-refractivity contribution is 6.08. The number of anilines is 1. The Bertz CT molecular complexity index is 904. The van der Waals surface area contributed by atoms with E-state index >= 15 is 0 Å². The van der Waals surface area contributed by atoms with Gasteiger partial charge in [-0.15, -0.1) is 0 Å². The number of piperidine rings is 1. The summed E-state index contributed by atoms with van der Waals surface area (Å²) in [5.74, 6) is -1.62. The van der Waals surface area contributed by atoms with Crippen LogP contribution in [0.2, 0.25) is 0 Å². The molecule has 4 amide bonds. The number of benzene rings is 1. The molecule has 1 fully saturated rings. The molecule has 0 spiro atoms. The number of hydrogen-bond donors (Lipinski definition) is 3. The fourth-order valence-electron chi connectivity index (χ4n) is 3.05. The summed E-state index contributed by atoms with van der Waals surface area (Å²) in [5.41, 5.74) is 9.47. The zero-order chi connectivity index (χ0) is 22.3. The molecule has 1 heterocycles. The molecule has 1 aliphatic heterocycles. The topological polar surface area (TPSA) is 122 Å². The maximum absolute atomic E-state index is 13.0. The van der Waals surface area contributed by atoms with E-state index in [0.717, 1.165) is 21.7 Å². The lowest BCUT2D eigenvalue weighted by Crippen LogP contribution is -2.53. The van der Waals surface area contributed by atoms with Gasteiger partial charge in [-0.05, 0) is 44.9 Å². The Hall–Kier alpha value is -3.26. The van der Waals surface area contributed by atoms with E-state index in [1.54, 1.807) is 19.1 Å². The number of carbonyl (C=O) groups excluding carboxylic acids is 4. The Morgan fingerprint density at radius 1 is 1.27 bits per heavy atom. The zero-order valence-electron chi connectivity index (χ0n) is 17.5. The summed E-state index contributed by atoms with van der Waals surface area (Å²) < 4.78 is 0. The summed E-state index contributed by atoms with van der Waals surface area (Å²) in [5, 5.41) is 5.46. The molecule has 8 heteroatoms. The fraction of sp³-hybridized carbons (Fsp3) is 0.364. The van der Waals surface area contributed by atoms with Crippen molar-refractivity contribution >= 4 is 29.8 Å². The minimum absolute atomic E-state index is 0.0816. The molecule has 1 aliphatic rings. The molecule has 1 saturated heterocycles. The second kappa shape index (κ2) is 10.5. The first-order valence-corrected chi connectivity index (χ1v) is 9.76. The third kappa shape index (κ3) is 5.64. The first-order valence-electron chi connectivity index (χ1n) is 9.76. The molecule has 1 atom stereocenters. The lowest BCUT2D eigenvalue weighted by atomic mass is 10.0. The van der Waals surface area contributed by atoms with E-state index in [4.69, 9.17) is 5.73 Å². The average molecular weight is 412 g/mol. The van der Waals surface area contributed by atoms with Gasteiger partial charge in [0.2, 0.25) is 18.2 Å². The molecule has 1 aromatic carbocycles. The van der Waals surface area contributed by atoms with E-state index in [1.807, 2.05) is 32.1 Å². The van der Waals surface area contributed by atoms with Crippen molar-refractivity contribution in [2.24, 2.45) is 5.73 Å². The molecular formula is C22H28N4O4. The molecule has 0 aromatic heterocycles. The minimum Gasteiger partial charge on any atom is -0.381 e. The molecule has 4 N–H and O–H groups in total. The van der Waals surface area contributed by atoms with E-state index in [1.165, 1.54) is 0 Å². The largest absolute Gasteiger partial charge is 0.381 e. The SMILES string of the molecule is C/C(=C\C=C(/C)CNc1cccc(C(=O)N(C=O)C2CCC(=O)NC2=O)c1C)CN. The Kier molecular flexibility index (Phi) is 8.06. The number of hydrogen-bond acceptors (Lipinski definition) is 6. The van der Waals surface area contributed by atoms with E-state index in [0.29, 0.717) is 30.6 Å². The van der Waals surface area contributed by atoms with Gasteiger partial charge in [-0.2, -0.15) is 0 Å². The number of amides is 4. The van der Waals surface area contributed by atoms with Crippen LogP contribution in [0.3, 0.4) is 0 Å². The monoisotopic (exact) mass is 412 g/mol. The third-order valence-corrected chi connectivity index (χ3v) is 4.99. The lowest BCUT2D eigenvalue weighted by molar-refractivity contribution is -0.139. The number of allylic oxidation sites excluding steroid dienone is 2. The van der Waals surface area contributed by atoms with Crippen LogP contribution in [0.25, 0.3) is 0 Å². The number of carbonyl (C=O) groups is 4. The molecule has 8 nitrogen and oxygen atoms in total. The second-order valence-corrected chi connectivity index (χ2v) is 7.35. The highest BCUT2D eigenvalue weighted by Gasteiger charge is 2.35. The maximum Gasteiger partial charge on any atom is 0.261 e. The van der Waals surface area contributed by atoms with Crippen LogP contribution in [0.15, 0.2) is 41.5 Å². The Morgan fingerprint density at radius 3 is 2.60 bits per heavy atom. The van der Waals surface area contributed by atoms with Crippen LogP contribution in [-0.2, 0) is 14.4 Å². The standard InChI is InChI=1S/C22H28N4O4/c1-14(11-23)7-8-15(2)12-24-18-6-4-5-17(16(18)3)22(30)26(13-27)19-9-10-20(28)25-21(19)29/h4-8,13,19,24H,9-12,23H2,1-3H3,(H,25,28,29)/b14-7+,15-8+. The number of rotatable bonds is 8. The van der Waals surface area contributed by atoms with Crippen molar-refractivity contribution in [3.8, 4) is 0 Å². The van der Waals surface area contributed by atoms with Gasteiger partial charge in [0.1, 0.15) is 6.04 Å². The van der Waals surface area contributed by atoms with Crippen molar-refractivity contribution in [1.82, 2.24) is 10.2 Å². The summed E-state index contributed by atoms with van der Waals surface area (Å²) in [6, 6.07) is 4.18. The van der Waals surface area contributed by atoms with Gasteiger partial charge in [0.25, 0.3) is 5.91 Å². The summed E-state index contributed by atoms with van der Waals surface area (Å²) in [4.78, 5) is 48.9. The average Bonchev–Trinajstić information content (AvgIpc) is 2.73. The summed E-state index contributed by atoms with van der Waals surface area (Å²) in [7, 11) is 0. The first-order chi connectivity index (χ1) is 14.3. The zero-order valence-corrected chi connectivity index (χ0v) is 17.5. The van der Waals surface area contributed by atoms with E-state index < -0.39 is 23.8 Å². The van der Waals surface area contributed by atoms with Crippen LogP contribution < -0.4 is 16.4 Å². The fourth-order valence-corrected chi connectivity index (χ4v) is 3.05. The van der Waals surface area contributed by atoms with Crippen LogP contribution in [0.1, 0.15) is 42.6 Å². The predicted molar refractivity (Wildman–Crippen MR) is 115 cm³/mol. The van der Waals surface area contributed by atoms with Crippen LogP contribution >= 0.6 is 0 Å². The van der Waals surface area contributed by atoms with Crippen LogP contribution in [-0.4, -0.2) is 48.2 Å². The van der Waals surface area contributed by atoms with Crippen molar-refractivity contribution in [2.45, 2.75) is 39.7 Å². The summed E-state index contributed by atoms with van der Waals surface area (Å²) in [6.45, 7) is 6.78. The predicted octanol–water partition coefficient (Wildman–Crippen LogP) is 1.66. The number of nitrogens with two attached hydrogens (primary N) is 1. The van der Waals surface area contributed by atoms with E-state index in [9.17, 15) is 19.2 Å². The normalized spacial score (nSPS) is 17.4. The lowest BCUT2D eigenvalue weighted by Gasteiger charge is -2.29. The Morgan fingerprint density at radius 2 is 1.97 bits per heavy atom. The molecule has 2 rings (SSSR count). The quantitative estimate of drug-likeness (QED) is 0.339. The van der Waals surface area contributed by atoms with Gasteiger partial charge >= 0.3 is 0 Å². The van der Waals surface area contributed by atoms with Gasteiger partial charge < -0.3 is 11.1 Å². The van der Waals surface area contributed by atoms with Gasteiger partial charge in [0.05, 0.1) is 0 Å². The summed E-state index contributed by atoms with van der Waals surface area (Å²) in [6.07, 6.45) is 4.49. The van der Waals surface area contributed by atoms with Crippen LogP contribution in [0.4, 0.5) is 5.69 Å². The van der Waals surface area contributed by atoms with Crippen molar-refractivity contribution < 1.29 is 19.2 Å². The molecule has 0 bridgehead atoms. The van der Waals surface area contributed by atoms with Gasteiger partial charge in [-0.3, -0.25) is 29.4 Å². The number of imide groups is 2. The number of nitrogens with zero attached hydrogens (tertiary/aromatic N) is 1. The highest BCUT2D eigenvalue weighted by atomic mass is 16.2. The van der Waals surface area contributed by atoms with Crippen molar-refractivity contribution in [3.05, 3.63) is 52.6 Å². The third-order valence-electron chi connectivity index (χ3n) is 4.99. The molecule has 0 aliphatic carbocycles. The minimum atomic E-state index is -0.994. The molecule has 0 saturated carbocycles. The van der Waals surface area contributed by atoms with Crippen molar-refractivity contribution in [1.29, 1.82) is 0 Å². The van der Waals surface area contributed by atoms with Gasteiger partial charge in [-0.1, -0.05) is 29.4 Å². The molecule has 160 valence electrons.